The van der Waals surface area contributed by atoms with Gasteiger partial charge in [-0.25, -0.2) is 0 Å². The Morgan fingerprint density at radius 1 is 1.17 bits per heavy atom. The summed E-state index contributed by atoms with van der Waals surface area (Å²) in [5, 5.41) is 1.62. The fraction of sp³-hybridized carbons (Fsp3) is 0.400. The van der Waals surface area contributed by atoms with Gasteiger partial charge in [-0.2, -0.15) is 0 Å². The van der Waals surface area contributed by atoms with Crippen LogP contribution in [0.15, 0.2) is 36.4 Å². The van der Waals surface area contributed by atoms with Gasteiger partial charge in [0, 0.05) is 23.0 Å². The summed E-state index contributed by atoms with van der Waals surface area (Å²) in [6.45, 7) is 4.35. The van der Waals surface area contributed by atoms with Gasteiger partial charge in [0.25, 0.3) is 0 Å². The molecule has 4 heteroatoms. The molecule has 4 rings (SSSR count). The van der Waals surface area contributed by atoms with Crippen LogP contribution in [0.3, 0.4) is 0 Å². The van der Waals surface area contributed by atoms with Crippen molar-refractivity contribution >= 4 is 28.3 Å². The summed E-state index contributed by atoms with van der Waals surface area (Å²) in [6.07, 6.45) is 6.48. The topological polar surface area (TPSA) is 42.1 Å². The number of halogens is 1. The van der Waals surface area contributed by atoms with Crippen molar-refractivity contribution in [1.29, 1.82) is 0 Å². The van der Waals surface area contributed by atoms with E-state index in [1.807, 2.05) is 18.2 Å². The number of aryl methyl sites for hydroxylation is 2. The summed E-state index contributed by atoms with van der Waals surface area (Å²) in [7, 11) is 0. The van der Waals surface area contributed by atoms with E-state index in [0.717, 1.165) is 28.3 Å². The van der Waals surface area contributed by atoms with Crippen molar-refractivity contribution < 1.29 is 9.53 Å². The van der Waals surface area contributed by atoms with E-state index in [1.165, 1.54) is 42.4 Å². The van der Waals surface area contributed by atoms with Crippen LogP contribution in [-0.4, -0.2) is 10.8 Å². The van der Waals surface area contributed by atoms with Crippen molar-refractivity contribution in [2.45, 2.75) is 64.9 Å². The Hall–Kier alpha value is -2.26. The van der Waals surface area contributed by atoms with Crippen molar-refractivity contribution in [2.75, 3.05) is 0 Å². The average molecular weight is 410 g/mol. The van der Waals surface area contributed by atoms with Gasteiger partial charge in [0.05, 0.1) is 5.02 Å². The van der Waals surface area contributed by atoms with Crippen LogP contribution < -0.4 is 4.74 Å². The highest BCUT2D eigenvalue weighted by Crippen LogP contribution is 2.36. The number of nitrogens with one attached hydrogen (secondary N) is 1. The van der Waals surface area contributed by atoms with Crippen LogP contribution in [0.4, 0.5) is 0 Å². The van der Waals surface area contributed by atoms with Gasteiger partial charge in [-0.05, 0) is 73.9 Å². The minimum atomic E-state index is 0.165. The van der Waals surface area contributed by atoms with Crippen molar-refractivity contribution in [3.8, 4) is 5.75 Å². The summed E-state index contributed by atoms with van der Waals surface area (Å²) < 4.78 is 6.06. The minimum absolute atomic E-state index is 0.165. The van der Waals surface area contributed by atoms with E-state index in [1.54, 1.807) is 6.92 Å². The second-order valence-corrected chi connectivity index (χ2v) is 8.67. The van der Waals surface area contributed by atoms with Crippen LogP contribution in [0.25, 0.3) is 10.9 Å². The number of carbonyl (C=O) groups is 1. The van der Waals surface area contributed by atoms with Gasteiger partial charge in [-0.15, -0.1) is 0 Å². The van der Waals surface area contributed by atoms with Gasteiger partial charge in [-0.3, -0.25) is 0 Å². The molecule has 0 saturated heterocycles. The fourth-order valence-electron chi connectivity index (χ4n) is 4.45. The first-order chi connectivity index (χ1) is 14.0. The van der Waals surface area contributed by atoms with Gasteiger partial charge in [-0.1, -0.05) is 42.6 Å². The molecule has 152 valence electrons. The Labute approximate surface area is 177 Å². The third-order valence-corrected chi connectivity index (χ3v) is 6.47. The lowest BCUT2D eigenvalue weighted by Crippen LogP contribution is -2.00. The summed E-state index contributed by atoms with van der Waals surface area (Å²) in [5.41, 5.74) is 5.94. The molecule has 0 amide bonds. The SMILES string of the molecule is CC(=O)CCc1[nH]c2ccc(OCc3ccc(C4CCCC4)c(C)c3)cc2c1Cl. The summed E-state index contributed by atoms with van der Waals surface area (Å²) in [6, 6.07) is 12.7. The molecule has 1 aromatic heterocycles. The van der Waals surface area contributed by atoms with Crippen LogP contribution >= 0.6 is 11.6 Å². The standard InChI is InChI=1S/C25H28ClNO2/c1-16-13-18(8-10-21(16)19-5-3-4-6-19)15-29-20-9-12-23-22(14-20)25(26)24(27-23)11-7-17(2)28/h8-10,12-14,19,27H,3-7,11,15H2,1-2H3. The Morgan fingerprint density at radius 2 is 1.97 bits per heavy atom. The molecule has 0 atom stereocenters. The first kappa shape index (κ1) is 20.0. The number of Topliss-reactive ketones (excluding diaryl/α,β-unsaturated/α-hetero) is 1. The maximum atomic E-state index is 11.3. The molecule has 29 heavy (non-hydrogen) atoms. The maximum absolute atomic E-state index is 11.3. The highest BCUT2D eigenvalue weighted by molar-refractivity contribution is 6.36. The van der Waals surface area contributed by atoms with Crippen LogP contribution in [0.1, 0.15) is 67.3 Å². The first-order valence-electron chi connectivity index (χ1n) is 10.5. The Bertz CT molecular complexity index is 1030. The Kier molecular flexibility index (Phi) is 5.96. The van der Waals surface area contributed by atoms with Crippen molar-refractivity contribution in [3.63, 3.8) is 0 Å². The van der Waals surface area contributed by atoms with Crippen molar-refractivity contribution in [2.24, 2.45) is 0 Å². The fourth-order valence-corrected chi connectivity index (χ4v) is 4.74. The molecule has 1 fully saturated rings. The number of carbonyl (C=O) groups excluding carboxylic acids is 1. The van der Waals surface area contributed by atoms with E-state index in [0.29, 0.717) is 24.5 Å². The summed E-state index contributed by atoms with van der Waals surface area (Å²) in [5.74, 6) is 1.70. The number of rotatable bonds is 7. The van der Waals surface area contributed by atoms with Crippen LogP contribution in [0.5, 0.6) is 5.75 Å². The van der Waals surface area contributed by atoms with Crippen LogP contribution in [0, 0.1) is 6.92 Å². The zero-order valence-electron chi connectivity index (χ0n) is 17.2. The highest BCUT2D eigenvalue weighted by Gasteiger charge is 2.18. The molecule has 3 aromatic rings. The van der Waals surface area contributed by atoms with Gasteiger partial charge in [0.15, 0.2) is 0 Å². The van der Waals surface area contributed by atoms with E-state index in [9.17, 15) is 4.79 Å². The third-order valence-electron chi connectivity index (χ3n) is 6.04. The lowest BCUT2D eigenvalue weighted by atomic mass is 9.92. The van der Waals surface area contributed by atoms with Gasteiger partial charge in [0.1, 0.15) is 18.1 Å². The molecule has 0 aliphatic heterocycles. The number of hydrogen-bond acceptors (Lipinski definition) is 2. The number of H-pyrrole nitrogens is 1. The first-order valence-corrected chi connectivity index (χ1v) is 10.9. The highest BCUT2D eigenvalue weighted by atomic mass is 35.5. The largest absolute Gasteiger partial charge is 0.489 e. The van der Waals surface area contributed by atoms with Crippen molar-refractivity contribution in [1.82, 2.24) is 4.98 Å². The molecule has 1 saturated carbocycles. The molecular weight excluding hydrogens is 382 g/mol. The second kappa shape index (κ2) is 8.62. The van der Waals surface area contributed by atoms with E-state index in [-0.39, 0.29) is 5.78 Å². The van der Waals surface area contributed by atoms with E-state index in [2.05, 4.69) is 30.1 Å². The molecule has 0 bridgehead atoms. The normalized spacial score (nSPS) is 14.6. The smallest absolute Gasteiger partial charge is 0.130 e. The number of fused-ring (bicyclic) bond motifs is 1. The molecule has 0 radical (unpaired) electrons. The quantitative estimate of drug-likeness (QED) is 0.461. The van der Waals surface area contributed by atoms with E-state index < -0.39 is 0 Å². The van der Waals surface area contributed by atoms with Crippen LogP contribution in [-0.2, 0) is 17.8 Å². The number of hydrogen-bond donors (Lipinski definition) is 1. The van der Waals surface area contributed by atoms with Gasteiger partial charge in [0.2, 0.25) is 0 Å². The molecule has 1 N–H and O–H groups in total. The molecule has 2 aromatic carbocycles. The number of benzene rings is 2. The lowest BCUT2D eigenvalue weighted by molar-refractivity contribution is -0.116. The van der Waals surface area contributed by atoms with Crippen molar-refractivity contribution in [3.05, 3.63) is 63.8 Å². The number of ketones is 1. The molecule has 1 aliphatic carbocycles. The number of ether oxygens (including phenoxy) is 1. The molecule has 1 aliphatic rings. The van der Waals surface area contributed by atoms with Crippen LogP contribution in [0.2, 0.25) is 5.02 Å². The zero-order chi connectivity index (χ0) is 20.4. The zero-order valence-corrected chi connectivity index (χ0v) is 17.9. The molecule has 1 heterocycles. The predicted molar refractivity (Wildman–Crippen MR) is 119 cm³/mol. The lowest BCUT2D eigenvalue weighted by Gasteiger charge is -2.15. The number of aromatic nitrogens is 1. The summed E-state index contributed by atoms with van der Waals surface area (Å²) >= 11 is 6.53. The summed E-state index contributed by atoms with van der Waals surface area (Å²) in [4.78, 5) is 14.6. The molecule has 3 nitrogen and oxygen atoms in total. The maximum Gasteiger partial charge on any atom is 0.130 e. The third kappa shape index (κ3) is 4.51. The predicted octanol–water partition coefficient (Wildman–Crippen LogP) is 6.89. The average Bonchev–Trinajstić information content (AvgIpc) is 3.33. The van der Waals surface area contributed by atoms with Gasteiger partial charge < -0.3 is 14.5 Å². The molecule has 0 unspecified atom stereocenters. The number of aromatic amines is 1. The monoisotopic (exact) mass is 409 g/mol. The Morgan fingerprint density at radius 3 is 2.69 bits per heavy atom. The van der Waals surface area contributed by atoms with E-state index >= 15 is 0 Å². The van der Waals surface area contributed by atoms with Gasteiger partial charge >= 0.3 is 0 Å². The minimum Gasteiger partial charge on any atom is -0.489 e. The molecule has 0 spiro atoms. The Balaban J connectivity index is 1.46. The molecular formula is C25H28ClNO2. The second-order valence-electron chi connectivity index (χ2n) is 8.29. The van der Waals surface area contributed by atoms with E-state index in [4.69, 9.17) is 16.3 Å².